The second-order valence-corrected chi connectivity index (χ2v) is 6.35. The minimum atomic E-state index is -0.160. The molecule has 4 rings (SSSR count). The maximum atomic E-state index is 12.9. The van der Waals surface area contributed by atoms with Gasteiger partial charge in [-0.1, -0.05) is 24.3 Å². The standard InChI is InChI=1S/C21H19N5O/c1-14-12-18(21(27)23-13-16-8-6-7-11-22-16)19-15(2)25-26(20(19)24-14)17-9-4-3-5-10-17/h3-12H,13H2,1-2H3,(H,23,27). The van der Waals surface area contributed by atoms with Crippen molar-refractivity contribution in [1.29, 1.82) is 0 Å². The summed E-state index contributed by atoms with van der Waals surface area (Å²) >= 11 is 0. The lowest BCUT2D eigenvalue weighted by Gasteiger charge is -2.08. The highest BCUT2D eigenvalue weighted by atomic mass is 16.1. The monoisotopic (exact) mass is 357 g/mol. The first kappa shape index (κ1) is 16.9. The predicted molar refractivity (Wildman–Crippen MR) is 104 cm³/mol. The van der Waals surface area contributed by atoms with Crippen LogP contribution in [0, 0.1) is 13.8 Å². The van der Waals surface area contributed by atoms with Crippen molar-refractivity contribution in [2.75, 3.05) is 0 Å². The number of nitrogens with zero attached hydrogens (tertiary/aromatic N) is 4. The average molecular weight is 357 g/mol. The fraction of sp³-hybridized carbons (Fsp3) is 0.143. The first-order valence-electron chi connectivity index (χ1n) is 8.74. The van der Waals surface area contributed by atoms with Crippen molar-refractivity contribution in [3.05, 3.63) is 83.4 Å². The average Bonchev–Trinajstić information content (AvgIpc) is 3.03. The number of carbonyl (C=O) groups excluding carboxylic acids is 1. The molecule has 1 N–H and O–H groups in total. The zero-order chi connectivity index (χ0) is 18.8. The Kier molecular flexibility index (Phi) is 4.38. The second kappa shape index (κ2) is 6.99. The molecule has 0 radical (unpaired) electrons. The van der Waals surface area contributed by atoms with Crippen molar-refractivity contribution in [2.24, 2.45) is 0 Å². The largest absolute Gasteiger partial charge is 0.346 e. The summed E-state index contributed by atoms with van der Waals surface area (Å²) in [5.41, 5.74) is 4.51. The Morgan fingerprint density at radius 3 is 2.59 bits per heavy atom. The van der Waals surface area contributed by atoms with E-state index in [0.29, 0.717) is 17.8 Å². The van der Waals surface area contributed by atoms with Gasteiger partial charge in [0.2, 0.25) is 0 Å². The van der Waals surface area contributed by atoms with E-state index >= 15 is 0 Å². The number of hydrogen-bond acceptors (Lipinski definition) is 4. The molecule has 1 aromatic carbocycles. The van der Waals surface area contributed by atoms with Gasteiger partial charge in [-0.25, -0.2) is 9.67 Å². The molecule has 4 aromatic rings. The van der Waals surface area contributed by atoms with Crippen LogP contribution >= 0.6 is 0 Å². The SMILES string of the molecule is Cc1cc(C(=O)NCc2ccccn2)c2c(C)nn(-c3ccccc3)c2n1. The van der Waals surface area contributed by atoms with Crippen molar-refractivity contribution < 1.29 is 4.79 Å². The Morgan fingerprint density at radius 1 is 1.07 bits per heavy atom. The molecule has 0 saturated carbocycles. The van der Waals surface area contributed by atoms with Gasteiger partial charge >= 0.3 is 0 Å². The Labute approximate surface area is 156 Å². The topological polar surface area (TPSA) is 72.7 Å². The lowest BCUT2D eigenvalue weighted by molar-refractivity contribution is 0.0952. The van der Waals surface area contributed by atoms with Crippen LogP contribution in [0.1, 0.15) is 27.4 Å². The zero-order valence-electron chi connectivity index (χ0n) is 15.2. The van der Waals surface area contributed by atoms with Gasteiger partial charge in [0.05, 0.1) is 34.6 Å². The number of pyridine rings is 2. The summed E-state index contributed by atoms with van der Waals surface area (Å²) < 4.78 is 1.78. The number of aryl methyl sites for hydroxylation is 2. The van der Waals surface area contributed by atoms with Crippen molar-refractivity contribution in [3.63, 3.8) is 0 Å². The number of hydrogen-bond donors (Lipinski definition) is 1. The molecule has 0 bridgehead atoms. The molecule has 0 aliphatic carbocycles. The maximum Gasteiger partial charge on any atom is 0.252 e. The fourth-order valence-corrected chi connectivity index (χ4v) is 3.11. The maximum absolute atomic E-state index is 12.9. The van der Waals surface area contributed by atoms with E-state index in [1.165, 1.54) is 0 Å². The normalized spacial score (nSPS) is 10.9. The molecule has 0 aliphatic rings. The number of carbonyl (C=O) groups is 1. The van der Waals surface area contributed by atoms with E-state index in [1.54, 1.807) is 16.9 Å². The smallest absolute Gasteiger partial charge is 0.252 e. The number of amides is 1. The van der Waals surface area contributed by atoms with Crippen LogP contribution in [0.25, 0.3) is 16.7 Å². The first-order chi connectivity index (χ1) is 13.1. The summed E-state index contributed by atoms with van der Waals surface area (Å²) in [5, 5.41) is 8.34. The molecule has 0 aliphatic heterocycles. The summed E-state index contributed by atoms with van der Waals surface area (Å²) in [6.45, 7) is 4.15. The highest BCUT2D eigenvalue weighted by molar-refractivity contribution is 6.06. The van der Waals surface area contributed by atoms with Crippen LogP contribution in [-0.4, -0.2) is 25.7 Å². The molecule has 3 heterocycles. The first-order valence-corrected chi connectivity index (χ1v) is 8.74. The summed E-state index contributed by atoms with van der Waals surface area (Å²) in [6, 6.07) is 17.2. The van der Waals surface area contributed by atoms with Crippen LogP contribution in [0.4, 0.5) is 0 Å². The third kappa shape index (κ3) is 3.29. The number of para-hydroxylation sites is 1. The number of fused-ring (bicyclic) bond motifs is 1. The van der Waals surface area contributed by atoms with Gasteiger partial charge in [0.15, 0.2) is 5.65 Å². The summed E-state index contributed by atoms with van der Waals surface area (Å²) in [5.74, 6) is -0.160. The van der Waals surface area contributed by atoms with Crippen molar-refractivity contribution in [3.8, 4) is 5.69 Å². The molecule has 0 unspecified atom stereocenters. The molecular formula is C21H19N5O. The van der Waals surface area contributed by atoms with Crippen molar-refractivity contribution in [1.82, 2.24) is 25.1 Å². The number of aromatic nitrogens is 4. The molecule has 0 fully saturated rings. The summed E-state index contributed by atoms with van der Waals surface area (Å²) in [7, 11) is 0. The second-order valence-electron chi connectivity index (χ2n) is 6.35. The van der Waals surface area contributed by atoms with E-state index in [-0.39, 0.29) is 5.91 Å². The fourth-order valence-electron chi connectivity index (χ4n) is 3.11. The van der Waals surface area contributed by atoms with Crippen LogP contribution in [0.3, 0.4) is 0 Å². The number of rotatable bonds is 4. The Morgan fingerprint density at radius 2 is 1.85 bits per heavy atom. The van der Waals surface area contributed by atoms with Crippen LogP contribution in [0.5, 0.6) is 0 Å². The van der Waals surface area contributed by atoms with Crippen LogP contribution in [-0.2, 0) is 6.54 Å². The predicted octanol–water partition coefficient (Wildman–Crippen LogP) is 3.36. The van der Waals surface area contributed by atoms with Crippen molar-refractivity contribution in [2.45, 2.75) is 20.4 Å². The lowest BCUT2D eigenvalue weighted by atomic mass is 10.1. The Balaban J connectivity index is 1.75. The molecule has 6 nitrogen and oxygen atoms in total. The molecule has 134 valence electrons. The Hall–Kier alpha value is -3.54. The van der Waals surface area contributed by atoms with Gasteiger partial charge in [0, 0.05) is 11.9 Å². The van der Waals surface area contributed by atoms with Gasteiger partial charge in [0.25, 0.3) is 5.91 Å². The third-order valence-electron chi connectivity index (χ3n) is 4.34. The molecular weight excluding hydrogens is 338 g/mol. The summed E-state index contributed by atoms with van der Waals surface area (Å²) in [6.07, 6.45) is 1.71. The molecule has 0 spiro atoms. The molecule has 1 amide bonds. The van der Waals surface area contributed by atoms with E-state index < -0.39 is 0 Å². The van der Waals surface area contributed by atoms with Crippen molar-refractivity contribution >= 4 is 16.9 Å². The highest BCUT2D eigenvalue weighted by Crippen LogP contribution is 2.24. The molecule has 0 saturated heterocycles. The van der Waals surface area contributed by atoms with E-state index in [9.17, 15) is 4.79 Å². The van der Waals surface area contributed by atoms with E-state index in [0.717, 1.165) is 28.2 Å². The van der Waals surface area contributed by atoms with Crippen LogP contribution in [0.15, 0.2) is 60.8 Å². The molecule has 27 heavy (non-hydrogen) atoms. The minimum Gasteiger partial charge on any atom is -0.346 e. The third-order valence-corrected chi connectivity index (χ3v) is 4.34. The van der Waals surface area contributed by atoms with Gasteiger partial charge in [-0.3, -0.25) is 9.78 Å². The lowest BCUT2D eigenvalue weighted by Crippen LogP contribution is -2.23. The molecule has 0 atom stereocenters. The van der Waals surface area contributed by atoms with Crippen LogP contribution in [0.2, 0.25) is 0 Å². The number of nitrogens with one attached hydrogen (secondary N) is 1. The highest BCUT2D eigenvalue weighted by Gasteiger charge is 2.19. The van der Waals surface area contributed by atoms with E-state index in [1.807, 2.05) is 62.4 Å². The summed E-state index contributed by atoms with van der Waals surface area (Å²) in [4.78, 5) is 21.8. The van der Waals surface area contributed by atoms with Gasteiger partial charge in [-0.15, -0.1) is 0 Å². The van der Waals surface area contributed by atoms with Crippen LogP contribution < -0.4 is 5.32 Å². The molecule has 3 aromatic heterocycles. The van der Waals surface area contributed by atoms with E-state index in [2.05, 4.69) is 20.4 Å². The van der Waals surface area contributed by atoms with Gasteiger partial charge < -0.3 is 5.32 Å². The Bertz CT molecular complexity index is 1100. The van der Waals surface area contributed by atoms with Gasteiger partial charge in [-0.05, 0) is 44.2 Å². The molecule has 6 heteroatoms. The van der Waals surface area contributed by atoms with Gasteiger partial charge in [-0.2, -0.15) is 5.10 Å². The zero-order valence-corrected chi connectivity index (χ0v) is 15.2. The quantitative estimate of drug-likeness (QED) is 0.608. The minimum absolute atomic E-state index is 0.160. The number of benzene rings is 1. The van der Waals surface area contributed by atoms with Gasteiger partial charge in [0.1, 0.15) is 0 Å². The van der Waals surface area contributed by atoms with E-state index in [4.69, 9.17) is 0 Å².